The molecule has 5 heteroatoms. The van der Waals surface area contributed by atoms with Gasteiger partial charge in [0.1, 0.15) is 5.75 Å². The molecule has 1 heterocycles. The van der Waals surface area contributed by atoms with Gasteiger partial charge in [-0.25, -0.2) is 0 Å². The number of aromatic amines is 1. The highest BCUT2D eigenvalue weighted by atomic mass is 35.5. The minimum absolute atomic E-state index is 0.0109. The Bertz CT molecular complexity index is 783. The van der Waals surface area contributed by atoms with Crippen molar-refractivity contribution in [1.82, 2.24) is 10.2 Å². The summed E-state index contributed by atoms with van der Waals surface area (Å²) in [5, 5.41) is 8.20. The Labute approximate surface area is 140 Å². The number of hydrogen-bond donors (Lipinski definition) is 2. The summed E-state index contributed by atoms with van der Waals surface area (Å²) in [4.78, 5) is 0. The number of methoxy groups -OCH3 is 1. The van der Waals surface area contributed by atoms with Gasteiger partial charge in [-0.15, -0.1) is 0 Å². The number of aromatic nitrogens is 2. The Hall–Kier alpha value is -2.30. The van der Waals surface area contributed by atoms with Crippen molar-refractivity contribution >= 4 is 11.6 Å². The smallest absolute Gasteiger partial charge is 0.118 e. The molecule has 0 amide bonds. The van der Waals surface area contributed by atoms with Crippen LogP contribution in [0.5, 0.6) is 5.75 Å². The Balaban J connectivity index is 1.92. The number of nitrogens with two attached hydrogens (primary N) is 1. The highest BCUT2D eigenvalue weighted by Gasteiger charge is 2.18. The van der Waals surface area contributed by atoms with Crippen LogP contribution < -0.4 is 10.5 Å². The summed E-state index contributed by atoms with van der Waals surface area (Å²) in [5.74, 6) is 0.809. The zero-order valence-electron chi connectivity index (χ0n) is 12.8. The van der Waals surface area contributed by atoms with Crippen molar-refractivity contribution in [1.29, 1.82) is 0 Å². The standard InChI is InChI=1S/C18H18ClN3O/c1-23-13-8-6-12(7-9-13)17-10-18(22-21-17)15(11-20)14-4-2-3-5-16(14)19/h2-10,15H,11,20H2,1H3,(H,21,22). The number of H-pyrrole nitrogens is 1. The van der Waals surface area contributed by atoms with E-state index in [0.29, 0.717) is 11.6 Å². The van der Waals surface area contributed by atoms with E-state index in [0.717, 1.165) is 28.3 Å². The van der Waals surface area contributed by atoms with Gasteiger partial charge in [0, 0.05) is 28.7 Å². The Morgan fingerprint density at radius 3 is 2.57 bits per heavy atom. The summed E-state index contributed by atoms with van der Waals surface area (Å²) in [6.07, 6.45) is 0. The maximum absolute atomic E-state index is 6.30. The van der Waals surface area contributed by atoms with Crippen molar-refractivity contribution in [2.24, 2.45) is 5.73 Å². The lowest BCUT2D eigenvalue weighted by Crippen LogP contribution is -2.14. The molecule has 3 aromatic rings. The molecule has 1 aromatic heterocycles. The second kappa shape index (κ2) is 6.86. The van der Waals surface area contributed by atoms with E-state index in [1.165, 1.54) is 0 Å². The van der Waals surface area contributed by atoms with E-state index in [1.807, 2.05) is 54.6 Å². The first-order valence-electron chi connectivity index (χ1n) is 7.37. The van der Waals surface area contributed by atoms with Crippen LogP contribution in [0.3, 0.4) is 0 Å². The molecule has 0 spiro atoms. The molecule has 0 bridgehead atoms. The van der Waals surface area contributed by atoms with Gasteiger partial charge in [0.2, 0.25) is 0 Å². The van der Waals surface area contributed by atoms with Gasteiger partial charge in [0.15, 0.2) is 0 Å². The second-order valence-electron chi connectivity index (χ2n) is 5.25. The molecular formula is C18H18ClN3O. The van der Waals surface area contributed by atoms with Crippen molar-refractivity contribution in [3.05, 3.63) is 70.9 Å². The van der Waals surface area contributed by atoms with Gasteiger partial charge in [-0.1, -0.05) is 29.8 Å². The molecule has 2 aromatic carbocycles. The van der Waals surface area contributed by atoms with E-state index in [4.69, 9.17) is 22.1 Å². The molecule has 0 saturated heterocycles. The molecule has 0 radical (unpaired) electrons. The molecule has 1 unspecified atom stereocenters. The third-order valence-electron chi connectivity index (χ3n) is 3.88. The van der Waals surface area contributed by atoms with Gasteiger partial charge < -0.3 is 10.5 Å². The molecule has 0 aliphatic carbocycles. The first-order valence-corrected chi connectivity index (χ1v) is 7.75. The first kappa shape index (κ1) is 15.6. The van der Waals surface area contributed by atoms with E-state index in [2.05, 4.69) is 10.2 Å². The number of nitrogens with zero attached hydrogens (tertiary/aromatic N) is 1. The number of rotatable bonds is 5. The third-order valence-corrected chi connectivity index (χ3v) is 4.22. The van der Waals surface area contributed by atoms with Gasteiger partial charge in [-0.05, 0) is 42.0 Å². The van der Waals surface area contributed by atoms with E-state index in [-0.39, 0.29) is 5.92 Å². The highest BCUT2D eigenvalue weighted by molar-refractivity contribution is 6.31. The predicted molar refractivity (Wildman–Crippen MR) is 92.9 cm³/mol. The van der Waals surface area contributed by atoms with Gasteiger partial charge in [-0.2, -0.15) is 5.10 Å². The summed E-state index contributed by atoms with van der Waals surface area (Å²) in [7, 11) is 1.65. The van der Waals surface area contributed by atoms with Gasteiger partial charge >= 0.3 is 0 Å². The van der Waals surface area contributed by atoms with Crippen LogP contribution >= 0.6 is 11.6 Å². The number of halogens is 1. The Kier molecular flexibility index (Phi) is 4.65. The summed E-state index contributed by atoms with van der Waals surface area (Å²) in [6, 6.07) is 17.5. The van der Waals surface area contributed by atoms with Gasteiger partial charge in [-0.3, -0.25) is 5.10 Å². The number of benzene rings is 2. The molecule has 3 rings (SSSR count). The summed E-state index contributed by atoms with van der Waals surface area (Å²) in [6.45, 7) is 0.452. The summed E-state index contributed by atoms with van der Waals surface area (Å²) >= 11 is 6.30. The molecule has 3 N–H and O–H groups in total. The Morgan fingerprint density at radius 1 is 1.17 bits per heavy atom. The largest absolute Gasteiger partial charge is 0.497 e. The average Bonchev–Trinajstić information content (AvgIpc) is 3.07. The molecule has 118 valence electrons. The van der Waals surface area contributed by atoms with Crippen LogP contribution in [0.25, 0.3) is 11.3 Å². The van der Waals surface area contributed by atoms with Crippen LogP contribution in [0.1, 0.15) is 17.2 Å². The maximum Gasteiger partial charge on any atom is 0.118 e. The minimum Gasteiger partial charge on any atom is -0.497 e. The van der Waals surface area contributed by atoms with Crippen molar-refractivity contribution in [2.75, 3.05) is 13.7 Å². The fourth-order valence-electron chi connectivity index (χ4n) is 2.60. The van der Waals surface area contributed by atoms with Crippen LogP contribution in [0, 0.1) is 0 Å². The van der Waals surface area contributed by atoms with Crippen LogP contribution in [-0.2, 0) is 0 Å². The van der Waals surface area contributed by atoms with Gasteiger partial charge in [0.05, 0.1) is 12.8 Å². The molecule has 4 nitrogen and oxygen atoms in total. The van der Waals surface area contributed by atoms with Crippen molar-refractivity contribution in [2.45, 2.75) is 5.92 Å². The van der Waals surface area contributed by atoms with E-state index in [1.54, 1.807) is 7.11 Å². The fourth-order valence-corrected chi connectivity index (χ4v) is 2.87. The first-order chi connectivity index (χ1) is 11.2. The molecule has 0 aliphatic heterocycles. The molecule has 0 saturated carbocycles. The minimum atomic E-state index is -0.0109. The molecule has 0 aliphatic rings. The summed E-state index contributed by atoms with van der Waals surface area (Å²) in [5.41, 5.74) is 9.81. The SMILES string of the molecule is COc1ccc(-c2cc(C(CN)c3ccccc3Cl)[nH]n2)cc1. The lowest BCUT2D eigenvalue weighted by Gasteiger charge is -2.14. The highest BCUT2D eigenvalue weighted by Crippen LogP contribution is 2.30. The Morgan fingerprint density at radius 2 is 1.91 bits per heavy atom. The average molecular weight is 328 g/mol. The van der Waals surface area contributed by atoms with Crippen molar-refractivity contribution in [3.8, 4) is 17.0 Å². The van der Waals surface area contributed by atoms with Crippen LogP contribution in [0.4, 0.5) is 0 Å². The van der Waals surface area contributed by atoms with Crippen molar-refractivity contribution in [3.63, 3.8) is 0 Å². The normalized spacial score (nSPS) is 12.1. The van der Waals surface area contributed by atoms with Crippen molar-refractivity contribution < 1.29 is 4.74 Å². The molecular weight excluding hydrogens is 310 g/mol. The summed E-state index contributed by atoms with van der Waals surface area (Å²) < 4.78 is 5.18. The van der Waals surface area contributed by atoms with E-state index in [9.17, 15) is 0 Å². The topological polar surface area (TPSA) is 63.9 Å². The zero-order chi connectivity index (χ0) is 16.2. The molecule has 1 atom stereocenters. The number of ether oxygens (including phenoxy) is 1. The number of hydrogen-bond acceptors (Lipinski definition) is 3. The number of nitrogens with one attached hydrogen (secondary N) is 1. The quantitative estimate of drug-likeness (QED) is 0.748. The fraction of sp³-hybridized carbons (Fsp3) is 0.167. The zero-order valence-corrected chi connectivity index (χ0v) is 13.5. The van der Waals surface area contributed by atoms with E-state index < -0.39 is 0 Å². The molecule has 0 fully saturated rings. The van der Waals surface area contributed by atoms with Crippen LogP contribution in [0.2, 0.25) is 5.02 Å². The maximum atomic E-state index is 6.30. The van der Waals surface area contributed by atoms with Crippen LogP contribution in [0.15, 0.2) is 54.6 Å². The predicted octanol–water partition coefficient (Wildman–Crippen LogP) is 3.83. The third kappa shape index (κ3) is 3.23. The van der Waals surface area contributed by atoms with Crippen LogP contribution in [-0.4, -0.2) is 23.9 Å². The lowest BCUT2D eigenvalue weighted by molar-refractivity contribution is 0.415. The molecule has 23 heavy (non-hydrogen) atoms. The lowest BCUT2D eigenvalue weighted by atomic mass is 9.95. The second-order valence-corrected chi connectivity index (χ2v) is 5.65. The monoisotopic (exact) mass is 327 g/mol. The van der Waals surface area contributed by atoms with E-state index >= 15 is 0 Å². The van der Waals surface area contributed by atoms with Gasteiger partial charge in [0.25, 0.3) is 0 Å².